The first-order valence-corrected chi connectivity index (χ1v) is 10.1. The molecule has 0 unspecified atom stereocenters. The minimum absolute atomic E-state index is 0.0830. The molecule has 0 aliphatic heterocycles. The third-order valence-electron chi connectivity index (χ3n) is 3.84. The van der Waals surface area contributed by atoms with Gasteiger partial charge in [0, 0.05) is 12.6 Å². The maximum Gasteiger partial charge on any atom is 0.214 e. The summed E-state index contributed by atoms with van der Waals surface area (Å²) in [6, 6.07) is 7.15. The SMILES string of the molecule is C[C@@H](NS(=O)(=O)CCOCCNC#N)c1cccc(OCC2CC2)c1. The van der Waals surface area contributed by atoms with Crippen LogP contribution in [0.1, 0.15) is 31.4 Å². The normalized spacial score (nSPS) is 15.4. The van der Waals surface area contributed by atoms with Gasteiger partial charge in [0.25, 0.3) is 0 Å². The molecule has 8 heteroatoms. The van der Waals surface area contributed by atoms with E-state index in [9.17, 15) is 8.42 Å². The van der Waals surface area contributed by atoms with E-state index in [4.69, 9.17) is 14.7 Å². The van der Waals surface area contributed by atoms with Crippen molar-refractivity contribution in [2.24, 2.45) is 5.92 Å². The number of nitrogens with one attached hydrogen (secondary N) is 2. The van der Waals surface area contributed by atoms with Crippen LogP contribution in [0, 0.1) is 17.4 Å². The topological polar surface area (TPSA) is 100 Å². The molecular weight excluding hydrogens is 342 g/mol. The molecular formula is C17H25N3O4S. The first-order chi connectivity index (χ1) is 12.0. The van der Waals surface area contributed by atoms with Crippen LogP contribution in [0.5, 0.6) is 5.75 Å². The van der Waals surface area contributed by atoms with E-state index in [0.717, 1.165) is 17.9 Å². The van der Waals surface area contributed by atoms with Crippen LogP contribution >= 0.6 is 0 Å². The zero-order valence-electron chi connectivity index (χ0n) is 14.4. The highest BCUT2D eigenvalue weighted by Crippen LogP contribution is 2.30. The molecule has 1 aromatic rings. The van der Waals surface area contributed by atoms with Gasteiger partial charge in [0.1, 0.15) is 5.75 Å². The summed E-state index contributed by atoms with van der Waals surface area (Å²) in [5.41, 5.74) is 0.857. The molecule has 7 nitrogen and oxygen atoms in total. The molecule has 1 aliphatic carbocycles. The highest BCUT2D eigenvalue weighted by molar-refractivity contribution is 7.89. The summed E-state index contributed by atoms with van der Waals surface area (Å²) in [6.07, 6.45) is 4.22. The fraction of sp³-hybridized carbons (Fsp3) is 0.588. The van der Waals surface area contributed by atoms with Crippen LogP contribution in [-0.4, -0.2) is 40.5 Å². The summed E-state index contributed by atoms with van der Waals surface area (Å²) in [5.74, 6) is 1.31. The third kappa shape index (κ3) is 7.73. The van der Waals surface area contributed by atoms with Crippen LogP contribution in [0.25, 0.3) is 0 Å². The molecule has 25 heavy (non-hydrogen) atoms. The van der Waals surface area contributed by atoms with E-state index < -0.39 is 10.0 Å². The third-order valence-corrected chi connectivity index (χ3v) is 5.26. The van der Waals surface area contributed by atoms with Gasteiger partial charge in [0.15, 0.2) is 6.19 Å². The molecule has 0 spiro atoms. The van der Waals surface area contributed by atoms with Gasteiger partial charge in [-0.25, -0.2) is 13.1 Å². The van der Waals surface area contributed by atoms with Crippen molar-refractivity contribution in [3.63, 3.8) is 0 Å². The Labute approximate surface area is 149 Å². The van der Waals surface area contributed by atoms with Crippen molar-refractivity contribution in [2.45, 2.75) is 25.8 Å². The van der Waals surface area contributed by atoms with E-state index in [-0.39, 0.29) is 18.4 Å². The Balaban J connectivity index is 1.77. The Morgan fingerprint density at radius 3 is 2.88 bits per heavy atom. The summed E-state index contributed by atoms with van der Waals surface area (Å²) in [6.45, 7) is 3.27. The van der Waals surface area contributed by atoms with Gasteiger partial charge in [0.2, 0.25) is 10.0 Å². The predicted octanol–water partition coefficient (Wildman–Crippen LogP) is 1.54. The molecule has 1 aromatic carbocycles. The van der Waals surface area contributed by atoms with E-state index in [1.807, 2.05) is 24.3 Å². The molecule has 1 fully saturated rings. The Bertz CT molecular complexity index is 683. The van der Waals surface area contributed by atoms with E-state index in [1.54, 1.807) is 13.1 Å². The molecule has 0 saturated heterocycles. The van der Waals surface area contributed by atoms with Gasteiger partial charge in [-0.15, -0.1) is 0 Å². The van der Waals surface area contributed by atoms with Gasteiger partial charge in [-0.3, -0.25) is 0 Å². The summed E-state index contributed by atoms with van der Waals surface area (Å²) in [4.78, 5) is 0. The molecule has 0 aromatic heterocycles. The van der Waals surface area contributed by atoms with Gasteiger partial charge >= 0.3 is 0 Å². The van der Waals surface area contributed by atoms with E-state index in [2.05, 4.69) is 10.0 Å². The number of nitriles is 1. The largest absolute Gasteiger partial charge is 0.493 e. The van der Waals surface area contributed by atoms with Gasteiger partial charge in [0.05, 0.1) is 25.6 Å². The lowest BCUT2D eigenvalue weighted by Crippen LogP contribution is -2.31. The molecule has 2 rings (SSSR count). The quantitative estimate of drug-likeness (QED) is 0.330. The van der Waals surface area contributed by atoms with Crippen molar-refractivity contribution in [3.8, 4) is 11.9 Å². The van der Waals surface area contributed by atoms with Gasteiger partial charge in [-0.1, -0.05) is 12.1 Å². The first kappa shape index (κ1) is 19.5. The smallest absolute Gasteiger partial charge is 0.214 e. The van der Waals surface area contributed by atoms with Gasteiger partial charge in [-0.2, -0.15) is 5.26 Å². The molecule has 0 amide bonds. The van der Waals surface area contributed by atoms with Crippen LogP contribution in [-0.2, 0) is 14.8 Å². The lowest BCUT2D eigenvalue weighted by Gasteiger charge is -2.16. The second-order valence-electron chi connectivity index (χ2n) is 6.14. The lowest BCUT2D eigenvalue weighted by molar-refractivity contribution is 0.153. The average Bonchev–Trinajstić information content (AvgIpc) is 3.40. The van der Waals surface area contributed by atoms with Gasteiger partial charge < -0.3 is 14.8 Å². The molecule has 0 bridgehead atoms. The maximum absolute atomic E-state index is 12.1. The van der Waals surface area contributed by atoms with Crippen molar-refractivity contribution < 1.29 is 17.9 Å². The highest BCUT2D eigenvalue weighted by atomic mass is 32.2. The number of ether oxygens (including phenoxy) is 2. The fourth-order valence-corrected chi connectivity index (χ4v) is 3.35. The molecule has 138 valence electrons. The van der Waals surface area contributed by atoms with Crippen molar-refractivity contribution in [3.05, 3.63) is 29.8 Å². The summed E-state index contributed by atoms with van der Waals surface area (Å²) < 4.78 is 37.8. The lowest BCUT2D eigenvalue weighted by atomic mass is 10.1. The number of rotatable bonds is 12. The van der Waals surface area contributed by atoms with E-state index in [1.165, 1.54) is 12.8 Å². The maximum atomic E-state index is 12.1. The molecule has 2 N–H and O–H groups in total. The van der Waals surface area contributed by atoms with Crippen molar-refractivity contribution in [2.75, 3.05) is 32.1 Å². The number of hydrogen-bond acceptors (Lipinski definition) is 6. The molecule has 0 radical (unpaired) electrons. The molecule has 0 heterocycles. The van der Waals surface area contributed by atoms with E-state index >= 15 is 0 Å². The van der Waals surface area contributed by atoms with E-state index in [0.29, 0.717) is 19.1 Å². The van der Waals surface area contributed by atoms with Crippen molar-refractivity contribution in [1.82, 2.24) is 10.0 Å². The molecule has 1 atom stereocenters. The van der Waals surface area contributed by atoms with Crippen LogP contribution in [0.15, 0.2) is 24.3 Å². The second kappa shape index (κ2) is 9.61. The summed E-state index contributed by atoms with van der Waals surface area (Å²) in [5, 5.41) is 10.7. The second-order valence-corrected chi connectivity index (χ2v) is 8.01. The molecule has 1 saturated carbocycles. The zero-order valence-corrected chi connectivity index (χ0v) is 15.2. The Morgan fingerprint density at radius 1 is 1.36 bits per heavy atom. The summed E-state index contributed by atoms with van der Waals surface area (Å²) in [7, 11) is -3.45. The molecule has 1 aliphatic rings. The monoisotopic (exact) mass is 367 g/mol. The number of sulfonamides is 1. The van der Waals surface area contributed by atoms with Crippen LogP contribution in [0.2, 0.25) is 0 Å². The van der Waals surface area contributed by atoms with Crippen LogP contribution in [0.4, 0.5) is 0 Å². The van der Waals surface area contributed by atoms with Gasteiger partial charge in [-0.05, 0) is 43.4 Å². The average molecular weight is 367 g/mol. The minimum Gasteiger partial charge on any atom is -0.493 e. The number of benzene rings is 1. The van der Waals surface area contributed by atoms with Crippen LogP contribution in [0.3, 0.4) is 0 Å². The summed E-state index contributed by atoms with van der Waals surface area (Å²) >= 11 is 0. The van der Waals surface area contributed by atoms with Crippen molar-refractivity contribution >= 4 is 10.0 Å². The number of hydrogen-bond donors (Lipinski definition) is 2. The highest BCUT2D eigenvalue weighted by Gasteiger charge is 2.22. The predicted molar refractivity (Wildman–Crippen MR) is 94.4 cm³/mol. The van der Waals surface area contributed by atoms with Crippen molar-refractivity contribution in [1.29, 1.82) is 5.26 Å². The Hall–Kier alpha value is -1.82. The Morgan fingerprint density at radius 2 is 2.16 bits per heavy atom. The fourth-order valence-electron chi connectivity index (χ4n) is 2.22. The minimum atomic E-state index is -3.45. The zero-order chi connectivity index (χ0) is 18.1. The van der Waals surface area contributed by atoms with Crippen LogP contribution < -0.4 is 14.8 Å². The standard InChI is InChI=1S/C17H25N3O4S/c1-14(20-25(21,22)10-9-23-8-7-19-13-18)16-3-2-4-17(11-16)24-12-15-5-6-15/h2-4,11,14-15,19-20H,5-10,12H2,1H3/t14-/m1/s1. The number of nitrogens with zero attached hydrogens (tertiary/aromatic N) is 1. The first-order valence-electron chi connectivity index (χ1n) is 8.42. The Kier molecular flexibility index (Phi) is 7.50.